The molecule has 0 unspecified atom stereocenters. The van der Waals surface area contributed by atoms with Gasteiger partial charge in [-0.3, -0.25) is 4.79 Å². The van der Waals surface area contributed by atoms with Gasteiger partial charge in [-0.05, 0) is 65.5 Å². The minimum atomic E-state index is 0. The molecule has 2 aromatic rings. The molecule has 1 aromatic carbocycles. The highest BCUT2D eigenvalue weighted by Gasteiger charge is 2.06. The Kier molecular flexibility index (Phi) is 7.22. The Morgan fingerprint density at radius 1 is 1.33 bits per heavy atom. The van der Waals surface area contributed by atoms with E-state index in [1.165, 1.54) is 4.88 Å². The molecule has 0 atom stereocenters. The maximum Gasteiger partial charge on any atom is 0.224 e. The van der Waals surface area contributed by atoms with Gasteiger partial charge in [0.1, 0.15) is 0 Å². The maximum absolute atomic E-state index is 11.9. The molecule has 0 spiro atoms. The fourth-order valence-corrected chi connectivity index (χ4v) is 3.42. The number of thiophene rings is 1. The van der Waals surface area contributed by atoms with Crippen LogP contribution in [0.5, 0.6) is 0 Å². The zero-order valence-electron chi connectivity index (χ0n) is 11.7. The van der Waals surface area contributed by atoms with Crippen LogP contribution >= 0.6 is 39.7 Å². The SMILES string of the molecule is Cc1ccc(N)cc1NC(=O)CCCc1ccc(Br)s1.Cl. The predicted molar refractivity (Wildman–Crippen MR) is 96.4 cm³/mol. The first-order valence-electron chi connectivity index (χ1n) is 6.45. The van der Waals surface area contributed by atoms with E-state index in [2.05, 4.69) is 27.3 Å². The number of aryl methyl sites for hydroxylation is 2. The van der Waals surface area contributed by atoms with Gasteiger partial charge in [0.2, 0.25) is 5.91 Å². The summed E-state index contributed by atoms with van der Waals surface area (Å²) in [5.41, 5.74) is 8.21. The fraction of sp³-hybridized carbons (Fsp3) is 0.267. The summed E-state index contributed by atoms with van der Waals surface area (Å²) in [7, 11) is 0. The number of hydrogen-bond acceptors (Lipinski definition) is 3. The molecule has 0 radical (unpaired) electrons. The van der Waals surface area contributed by atoms with Crippen LogP contribution in [-0.2, 0) is 11.2 Å². The molecular formula is C15H18BrClN2OS. The van der Waals surface area contributed by atoms with Crippen LogP contribution in [0.4, 0.5) is 11.4 Å². The molecule has 21 heavy (non-hydrogen) atoms. The molecule has 0 saturated heterocycles. The highest BCUT2D eigenvalue weighted by Crippen LogP contribution is 2.23. The number of anilines is 2. The van der Waals surface area contributed by atoms with Crippen LogP contribution in [0.2, 0.25) is 0 Å². The molecule has 0 fully saturated rings. The Morgan fingerprint density at radius 2 is 2.10 bits per heavy atom. The minimum absolute atomic E-state index is 0. The van der Waals surface area contributed by atoms with Gasteiger partial charge in [-0.25, -0.2) is 0 Å². The fourth-order valence-electron chi connectivity index (χ4n) is 1.90. The number of nitrogens with two attached hydrogens (primary N) is 1. The van der Waals surface area contributed by atoms with Crippen molar-refractivity contribution in [3.05, 3.63) is 44.6 Å². The molecule has 2 rings (SSSR count). The summed E-state index contributed by atoms with van der Waals surface area (Å²) in [5, 5.41) is 2.92. The van der Waals surface area contributed by atoms with Gasteiger partial charge in [-0.15, -0.1) is 23.7 Å². The van der Waals surface area contributed by atoms with E-state index in [0.717, 1.165) is 27.9 Å². The lowest BCUT2D eigenvalue weighted by atomic mass is 10.1. The van der Waals surface area contributed by atoms with Gasteiger partial charge in [0.15, 0.2) is 0 Å². The van der Waals surface area contributed by atoms with E-state index in [1.807, 2.05) is 25.1 Å². The van der Waals surface area contributed by atoms with Crippen LogP contribution < -0.4 is 11.1 Å². The number of hydrogen-bond donors (Lipinski definition) is 2. The standard InChI is InChI=1S/C15H17BrN2OS.ClH/c1-10-5-6-11(17)9-13(10)18-15(19)4-2-3-12-7-8-14(16)20-12;/h5-9H,2-4,17H2,1H3,(H,18,19);1H. The summed E-state index contributed by atoms with van der Waals surface area (Å²) in [5.74, 6) is 0.0364. The Morgan fingerprint density at radius 3 is 2.76 bits per heavy atom. The van der Waals surface area contributed by atoms with Gasteiger partial charge in [0.25, 0.3) is 0 Å². The van der Waals surface area contributed by atoms with Crippen molar-refractivity contribution in [1.82, 2.24) is 0 Å². The molecule has 1 amide bonds. The summed E-state index contributed by atoms with van der Waals surface area (Å²) >= 11 is 5.16. The lowest BCUT2D eigenvalue weighted by molar-refractivity contribution is -0.116. The van der Waals surface area contributed by atoms with E-state index >= 15 is 0 Å². The second-order valence-electron chi connectivity index (χ2n) is 4.68. The number of nitrogens with one attached hydrogen (secondary N) is 1. The first-order valence-corrected chi connectivity index (χ1v) is 8.06. The summed E-state index contributed by atoms with van der Waals surface area (Å²) < 4.78 is 1.13. The smallest absolute Gasteiger partial charge is 0.224 e. The van der Waals surface area contributed by atoms with E-state index in [1.54, 1.807) is 17.4 Å². The predicted octanol–water partition coefficient (Wildman–Crippen LogP) is 4.78. The van der Waals surface area contributed by atoms with Crippen LogP contribution in [0, 0.1) is 6.92 Å². The van der Waals surface area contributed by atoms with Gasteiger partial charge in [-0.1, -0.05) is 6.07 Å². The van der Waals surface area contributed by atoms with E-state index in [4.69, 9.17) is 5.73 Å². The lowest BCUT2D eigenvalue weighted by Gasteiger charge is -2.09. The van der Waals surface area contributed by atoms with E-state index < -0.39 is 0 Å². The van der Waals surface area contributed by atoms with Crippen molar-refractivity contribution < 1.29 is 4.79 Å². The third-order valence-corrected chi connectivity index (χ3v) is 4.68. The van der Waals surface area contributed by atoms with Crippen LogP contribution in [0.15, 0.2) is 34.1 Å². The monoisotopic (exact) mass is 388 g/mol. The number of halogens is 2. The molecule has 0 aliphatic carbocycles. The number of rotatable bonds is 5. The summed E-state index contributed by atoms with van der Waals surface area (Å²) in [6, 6.07) is 9.67. The average molecular weight is 390 g/mol. The first kappa shape index (κ1) is 18.0. The van der Waals surface area contributed by atoms with Crippen molar-refractivity contribution in [3.63, 3.8) is 0 Å². The third kappa shape index (κ3) is 5.69. The molecule has 0 aliphatic heterocycles. The van der Waals surface area contributed by atoms with Crippen LogP contribution in [-0.4, -0.2) is 5.91 Å². The maximum atomic E-state index is 11.9. The first-order chi connectivity index (χ1) is 9.54. The van der Waals surface area contributed by atoms with Gasteiger partial charge in [0.05, 0.1) is 3.79 Å². The topological polar surface area (TPSA) is 55.1 Å². The van der Waals surface area contributed by atoms with Crippen LogP contribution in [0.1, 0.15) is 23.3 Å². The molecule has 1 aromatic heterocycles. The largest absolute Gasteiger partial charge is 0.399 e. The van der Waals surface area contributed by atoms with E-state index in [0.29, 0.717) is 12.1 Å². The zero-order valence-corrected chi connectivity index (χ0v) is 14.9. The Hall–Kier alpha value is -1.04. The molecule has 0 saturated carbocycles. The van der Waals surface area contributed by atoms with Gasteiger partial charge < -0.3 is 11.1 Å². The van der Waals surface area contributed by atoms with E-state index in [9.17, 15) is 4.79 Å². The molecule has 3 N–H and O–H groups in total. The van der Waals surface area contributed by atoms with Crippen molar-refractivity contribution in [1.29, 1.82) is 0 Å². The molecule has 0 aliphatic rings. The molecule has 114 valence electrons. The lowest BCUT2D eigenvalue weighted by Crippen LogP contribution is -2.12. The quantitative estimate of drug-likeness (QED) is 0.723. The number of benzene rings is 1. The van der Waals surface area contributed by atoms with Crippen molar-refractivity contribution in [3.8, 4) is 0 Å². The van der Waals surface area contributed by atoms with Gasteiger partial charge >= 0.3 is 0 Å². The highest BCUT2D eigenvalue weighted by molar-refractivity contribution is 9.11. The minimum Gasteiger partial charge on any atom is -0.399 e. The van der Waals surface area contributed by atoms with Crippen LogP contribution in [0.25, 0.3) is 0 Å². The molecule has 1 heterocycles. The highest BCUT2D eigenvalue weighted by atomic mass is 79.9. The van der Waals surface area contributed by atoms with Crippen molar-refractivity contribution in [2.24, 2.45) is 0 Å². The van der Waals surface area contributed by atoms with Crippen molar-refractivity contribution in [2.45, 2.75) is 26.2 Å². The summed E-state index contributed by atoms with van der Waals surface area (Å²) in [6.07, 6.45) is 2.30. The molecule has 3 nitrogen and oxygen atoms in total. The molecular weight excluding hydrogens is 372 g/mol. The normalized spacial score (nSPS) is 10.0. The summed E-state index contributed by atoms with van der Waals surface area (Å²) in [6.45, 7) is 1.96. The van der Waals surface area contributed by atoms with Crippen molar-refractivity contribution in [2.75, 3.05) is 11.1 Å². The van der Waals surface area contributed by atoms with Crippen molar-refractivity contribution >= 4 is 57.0 Å². The average Bonchev–Trinajstić information content (AvgIpc) is 2.80. The van der Waals surface area contributed by atoms with Gasteiger partial charge in [-0.2, -0.15) is 0 Å². The molecule has 6 heteroatoms. The molecule has 0 bridgehead atoms. The number of carbonyl (C=O) groups excluding carboxylic acids is 1. The second-order valence-corrected chi connectivity index (χ2v) is 7.23. The number of carbonyl (C=O) groups is 1. The third-order valence-electron chi connectivity index (χ3n) is 2.99. The second kappa shape index (κ2) is 8.41. The Bertz CT molecular complexity index is 615. The summed E-state index contributed by atoms with van der Waals surface area (Å²) in [4.78, 5) is 13.2. The zero-order chi connectivity index (χ0) is 14.5. The van der Waals surface area contributed by atoms with Gasteiger partial charge in [0, 0.05) is 22.7 Å². The van der Waals surface area contributed by atoms with E-state index in [-0.39, 0.29) is 18.3 Å². The Balaban J connectivity index is 0.00000220. The number of nitrogen functional groups attached to an aromatic ring is 1. The van der Waals surface area contributed by atoms with Crippen LogP contribution in [0.3, 0.4) is 0 Å². The number of amides is 1. The Labute approximate surface area is 143 Å².